The van der Waals surface area contributed by atoms with Crippen LogP contribution < -0.4 is 5.32 Å². The summed E-state index contributed by atoms with van der Waals surface area (Å²) in [5.74, 6) is -0.496. The number of nitrogens with zero attached hydrogens (tertiary/aromatic N) is 1. The summed E-state index contributed by atoms with van der Waals surface area (Å²) in [5.41, 5.74) is 2.14. The van der Waals surface area contributed by atoms with Crippen molar-refractivity contribution >= 4 is 34.8 Å². The van der Waals surface area contributed by atoms with Crippen LogP contribution in [-0.2, 0) is 16.1 Å². The van der Waals surface area contributed by atoms with Crippen LogP contribution in [0.2, 0.25) is 0 Å². The average molecular weight is 419 g/mol. The second-order valence-corrected chi connectivity index (χ2v) is 8.65. The number of carbonyl (C=O) groups excluding carboxylic acids is 2. The molecule has 1 N–H and O–H groups in total. The Morgan fingerprint density at radius 1 is 1.18 bits per heavy atom. The SMILES string of the molecule is Cc1ccc(CN(C(=O)CCl)C(C(=O)NC2CCCCC2)c2cccs2)cc1. The summed E-state index contributed by atoms with van der Waals surface area (Å²) in [5, 5.41) is 5.13. The predicted molar refractivity (Wildman–Crippen MR) is 115 cm³/mol. The molecular weight excluding hydrogens is 392 g/mol. The van der Waals surface area contributed by atoms with E-state index in [9.17, 15) is 9.59 Å². The van der Waals surface area contributed by atoms with E-state index in [-0.39, 0.29) is 23.7 Å². The van der Waals surface area contributed by atoms with E-state index in [4.69, 9.17) is 11.6 Å². The lowest BCUT2D eigenvalue weighted by Crippen LogP contribution is -2.47. The molecule has 0 aliphatic heterocycles. The number of alkyl halides is 1. The van der Waals surface area contributed by atoms with Crippen LogP contribution in [0.25, 0.3) is 0 Å². The molecule has 0 saturated heterocycles. The predicted octanol–water partition coefficient (Wildman–Crippen LogP) is 4.81. The van der Waals surface area contributed by atoms with Crippen LogP contribution in [0, 0.1) is 6.92 Å². The molecule has 2 aromatic rings. The van der Waals surface area contributed by atoms with Gasteiger partial charge in [-0.3, -0.25) is 9.59 Å². The van der Waals surface area contributed by atoms with Crippen molar-refractivity contribution in [1.82, 2.24) is 10.2 Å². The molecule has 1 heterocycles. The lowest BCUT2D eigenvalue weighted by Gasteiger charge is -2.32. The number of rotatable bonds is 7. The third-order valence-electron chi connectivity index (χ3n) is 5.23. The monoisotopic (exact) mass is 418 g/mol. The van der Waals surface area contributed by atoms with E-state index in [1.165, 1.54) is 17.8 Å². The van der Waals surface area contributed by atoms with Crippen molar-refractivity contribution < 1.29 is 9.59 Å². The number of nitrogens with one attached hydrogen (secondary N) is 1. The number of thiophene rings is 1. The molecule has 6 heteroatoms. The number of halogens is 1. The molecule has 3 rings (SSSR count). The Hall–Kier alpha value is -1.85. The lowest BCUT2D eigenvalue weighted by molar-refractivity contribution is -0.140. The quantitative estimate of drug-likeness (QED) is 0.655. The fourth-order valence-corrected chi connectivity index (χ4v) is 4.68. The molecule has 4 nitrogen and oxygen atoms in total. The minimum absolute atomic E-state index is 0.111. The third kappa shape index (κ3) is 5.36. The van der Waals surface area contributed by atoms with Crippen molar-refractivity contribution in [2.45, 2.75) is 57.7 Å². The summed E-state index contributed by atoms with van der Waals surface area (Å²) in [6.07, 6.45) is 5.52. The summed E-state index contributed by atoms with van der Waals surface area (Å²) in [4.78, 5) is 28.5. The van der Waals surface area contributed by atoms with Crippen molar-refractivity contribution in [3.05, 3.63) is 57.8 Å². The number of hydrogen-bond donors (Lipinski definition) is 1. The van der Waals surface area contributed by atoms with Gasteiger partial charge in [-0.1, -0.05) is 55.2 Å². The van der Waals surface area contributed by atoms with Crippen molar-refractivity contribution in [3.63, 3.8) is 0 Å². The third-order valence-corrected chi connectivity index (χ3v) is 6.39. The highest BCUT2D eigenvalue weighted by Gasteiger charge is 2.33. The molecule has 0 bridgehead atoms. The lowest BCUT2D eigenvalue weighted by atomic mass is 9.95. The Labute approximate surface area is 175 Å². The smallest absolute Gasteiger partial charge is 0.248 e. The summed E-state index contributed by atoms with van der Waals surface area (Å²) >= 11 is 7.41. The first-order valence-corrected chi connectivity index (χ1v) is 11.2. The summed E-state index contributed by atoms with van der Waals surface area (Å²) in [6.45, 7) is 2.38. The molecule has 0 radical (unpaired) electrons. The zero-order chi connectivity index (χ0) is 19.9. The molecule has 1 aliphatic carbocycles. The van der Waals surface area contributed by atoms with Gasteiger partial charge in [0, 0.05) is 17.5 Å². The van der Waals surface area contributed by atoms with E-state index in [1.54, 1.807) is 4.90 Å². The zero-order valence-corrected chi connectivity index (χ0v) is 17.8. The van der Waals surface area contributed by atoms with E-state index >= 15 is 0 Å². The minimum Gasteiger partial charge on any atom is -0.351 e. The van der Waals surface area contributed by atoms with Crippen LogP contribution >= 0.6 is 22.9 Å². The topological polar surface area (TPSA) is 49.4 Å². The van der Waals surface area contributed by atoms with E-state index in [2.05, 4.69) is 5.32 Å². The molecule has 1 aromatic carbocycles. The number of amides is 2. The first-order valence-electron chi connectivity index (χ1n) is 9.83. The second-order valence-electron chi connectivity index (χ2n) is 7.40. The number of aryl methyl sites for hydroxylation is 1. The van der Waals surface area contributed by atoms with Gasteiger partial charge in [-0.15, -0.1) is 22.9 Å². The van der Waals surface area contributed by atoms with Gasteiger partial charge < -0.3 is 10.2 Å². The highest BCUT2D eigenvalue weighted by atomic mass is 35.5. The highest BCUT2D eigenvalue weighted by Crippen LogP contribution is 2.29. The van der Waals surface area contributed by atoms with Crippen LogP contribution in [0.3, 0.4) is 0 Å². The molecule has 28 heavy (non-hydrogen) atoms. The molecular formula is C22H27ClN2O2S. The van der Waals surface area contributed by atoms with Crippen molar-refractivity contribution in [2.24, 2.45) is 0 Å². The van der Waals surface area contributed by atoms with Gasteiger partial charge in [-0.05, 0) is 36.8 Å². The van der Waals surface area contributed by atoms with Crippen LogP contribution in [-0.4, -0.2) is 28.6 Å². The standard InChI is InChI=1S/C22H27ClN2O2S/c1-16-9-11-17(12-10-16)15-25(20(26)14-23)21(19-8-5-13-28-19)22(27)24-18-6-3-2-4-7-18/h5,8-13,18,21H,2-4,6-7,14-15H2,1H3,(H,24,27). The number of carbonyl (C=O) groups is 2. The number of benzene rings is 1. The van der Waals surface area contributed by atoms with E-state index in [1.807, 2.05) is 48.7 Å². The molecule has 0 spiro atoms. The summed E-state index contributed by atoms with van der Waals surface area (Å²) in [6, 6.07) is 11.4. The maximum Gasteiger partial charge on any atom is 0.248 e. The van der Waals surface area contributed by atoms with E-state index in [0.29, 0.717) is 6.54 Å². The largest absolute Gasteiger partial charge is 0.351 e. The minimum atomic E-state index is -0.658. The average Bonchev–Trinajstić information content (AvgIpc) is 3.23. The maximum absolute atomic E-state index is 13.3. The van der Waals surface area contributed by atoms with E-state index in [0.717, 1.165) is 41.7 Å². The molecule has 1 saturated carbocycles. The molecule has 1 aliphatic rings. The Morgan fingerprint density at radius 3 is 2.50 bits per heavy atom. The Kier molecular flexibility index (Phi) is 7.51. The van der Waals surface area contributed by atoms with Gasteiger partial charge in [0.25, 0.3) is 0 Å². The fourth-order valence-electron chi connectivity index (χ4n) is 3.69. The first-order chi connectivity index (χ1) is 13.6. The van der Waals surface area contributed by atoms with E-state index < -0.39 is 6.04 Å². The zero-order valence-electron chi connectivity index (χ0n) is 16.2. The van der Waals surface area contributed by atoms with Crippen molar-refractivity contribution in [2.75, 3.05) is 5.88 Å². The summed E-state index contributed by atoms with van der Waals surface area (Å²) in [7, 11) is 0. The first kappa shape index (κ1) is 20.9. The van der Waals surface area contributed by atoms with Gasteiger partial charge in [0.2, 0.25) is 11.8 Å². The molecule has 1 aromatic heterocycles. The second kappa shape index (κ2) is 10.1. The van der Waals surface area contributed by atoms with Gasteiger partial charge in [0.15, 0.2) is 0 Å². The Morgan fingerprint density at radius 2 is 1.89 bits per heavy atom. The van der Waals surface area contributed by atoms with Gasteiger partial charge in [-0.25, -0.2) is 0 Å². The van der Waals surface area contributed by atoms with Gasteiger partial charge in [0.05, 0.1) is 0 Å². The summed E-state index contributed by atoms with van der Waals surface area (Å²) < 4.78 is 0. The van der Waals surface area contributed by atoms with Crippen molar-refractivity contribution in [1.29, 1.82) is 0 Å². The Bertz CT molecular complexity index is 770. The molecule has 2 amide bonds. The van der Waals surface area contributed by atoms with Gasteiger partial charge in [0.1, 0.15) is 11.9 Å². The van der Waals surface area contributed by atoms with Gasteiger partial charge >= 0.3 is 0 Å². The highest BCUT2D eigenvalue weighted by molar-refractivity contribution is 7.10. The van der Waals surface area contributed by atoms with Crippen LogP contribution in [0.4, 0.5) is 0 Å². The fraction of sp³-hybridized carbons (Fsp3) is 0.455. The van der Waals surface area contributed by atoms with Gasteiger partial charge in [-0.2, -0.15) is 0 Å². The molecule has 1 fully saturated rings. The maximum atomic E-state index is 13.3. The Balaban J connectivity index is 1.86. The molecule has 150 valence electrons. The molecule has 1 unspecified atom stereocenters. The normalized spacial score (nSPS) is 15.8. The van der Waals surface area contributed by atoms with Crippen LogP contribution in [0.15, 0.2) is 41.8 Å². The molecule has 1 atom stereocenters. The van der Waals surface area contributed by atoms with Crippen LogP contribution in [0.1, 0.15) is 54.1 Å². The number of hydrogen-bond acceptors (Lipinski definition) is 3. The van der Waals surface area contributed by atoms with Crippen LogP contribution in [0.5, 0.6) is 0 Å². The van der Waals surface area contributed by atoms with Crippen molar-refractivity contribution in [3.8, 4) is 0 Å².